The van der Waals surface area contributed by atoms with Crippen LogP contribution in [0.4, 0.5) is 11.5 Å². The molecule has 0 fully saturated rings. The summed E-state index contributed by atoms with van der Waals surface area (Å²) in [6, 6.07) is 11.3. The molecule has 0 amide bonds. The van der Waals surface area contributed by atoms with E-state index in [4.69, 9.17) is 18.9 Å². The van der Waals surface area contributed by atoms with Crippen LogP contribution in [0.3, 0.4) is 0 Å². The first-order chi connectivity index (χ1) is 17.4. The second kappa shape index (κ2) is 13.6. The molecule has 3 rings (SSSR count). The van der Waals surface area contributed by atoms with E-state index in [1.54, 1.807) is 38.0 Å². The van der Waals surface area contributed by atoms with Gasteiger partial charge in [0.25, 0.3) is 0 Å². The van der Waals surface area contributed by atoms with Crippen molar-refractivity contribution in [3.63, 3.8) is 0 Å². The van der Waals surface area contributed by atoms with E-state index in [1.807, 2.05) is 24.3 Å². The maximum Gasteiger partial charge on any atom is 0.320 e. The van der Waals surface area contributed by atoms with Gasteiger partial charge in [-0.3, -0.25) is 14.5 Å². The number of benzene rings is 2. The van der Waals surface area contributed by atoms with Crippen LogP contribution in [0.15, 0.2) is 47.2 Å². The number of carbonyl (C=O) groups excluding carboxylic acids is 2. The van der Waals surface area contributed by atoms with Crippen molar-refractivity contribution in [2.75, 3.05) is 51.9 Å². The van der Waals surface area contributed by atoms with E-state index in [-0.39, 0.29) is 39.5 Å². The number of rotatable bonds is 13. The number of anilines is 2. The molecule has 0 spiro atoms. The maximum atomic E-state index is 12.0. The number of aromatic nitrogens is 2. The average molecular weight is 561 g/mol. The Morgan fingerprint density at radius 1 is 1.00 bits per heavy atom. The van der Waals surface area contributed by atoms with E-state index in [0.717, 1.165) is 15.5 Å². The number of hydrogen-bond acceptors (Lipinski definition) is 10. The van der Waals surface area contributed by atoms with Gasteiger partial charge in [-0.15, -0.1) is 0 Å². The Labute approximate surface area is 218 Å². The van der Waals surface area contributed by atoms with Gasteiger partial charge >= 0.3 is 11.9 Å². The molecule has 0 saturated heterocycles. The van der Waals surface area contributed by atoms with Gasteiger partial charge in [-0.1, -0.05) is 22.0 Å². The van der Waals surface area contributed by atoms with Crippen LogP contribution in [0.5, 0.6) is 11.5 Å². The molecule has 0 unspecified atom stereocenters. The number of esters is 2. The van der Waals surface area contributed by atoms with Crippen LogP contribution in [0.25, 0.3) is 10.9 Å². The molecule has 36 heavy (non-hydrogen) atoms. The van der Waals surface area contributed by atoms with Gasteiger partial charge in [-0.25, -0.2) is 9.97 Å². The van der Waals surface area contributed by atoms with Gasteiger partial charge in [0.1, 0.15) is 18.8 Å². The Morgan fingerprint density at radius 3 is 2.36 bits per heavy atom. The van der Waals surface area contributed by atoms with Crippen LogP contribution in [0, 0.1) is 0 Å². The number of nitrogens with one attached hydrogen (secondary N) is 1. The van der Waals surface area contributed by atoms with Gasteiger partial charge in [-0.2, -0.15) is 0 Å². The normalized spacial score (nSPS) is 10.8. The molecule has 10 nitrogen and oxygen atoms in total. The van der Waals surface area contributed by atoms with Crippen molar-refractivity contribution < 1.29 is 28.5 Å². The van der Waals surface area contributed by atoms with E-state index in [0.29, 0.717) is 22.8 Å². The minimum Gasteiger partial charge on any atom is -0.493 e. The fourth-order valence-corrected chi connectivity index (χ4v) is 3.82. The monoisotopic (exact) mass is 560 g/mol. The van der Waals surface area contributed by atoms with Crippen molar-refractivity contribution in [2.45, 2.75) is 13.8 Å². The van der Waals surface area contributed by atoms with Crippen molar-refractivity contribution in [1.82, 2.24) is 14.9 Å². The fourth-order valence-electron chi connectivity index (χ4n) is 3.42. The van der Waals surface area contributed by atoms with Crippen molar-refractivity contribution in [3.05, 3.63) is 47.2 Å². The largest absolute Gasteiger partial charge is 0.493 e. The summed E-state index contributed by atoms with van der Waals surface area (Å²) in [5.41, 5.74) is 1.53. The van der Waals surface area contributed by atoms with Crippen molar-refractivity contribution in [1.29, 1.82) is 0 Å². The molecule has 192 valence electrons. The molecule has 0 atom stereocenters. The first-order valence-corrected chi connectivity index (χ1v) is 12.2. The van der Waals surface area contributed by atoms with E-state index in [9.17, 15) is 9.59 Å². The summed E-state index contributed by atoms with van der Waals surface area (Å²) in [5, 5.41) is 4.06. The number of ether oxygens (including phenoxy) is 4. The Kier molecular flexibility index (Phi) is 10.3. The zero-order chi connectivity index (χ0) is 25.9. The summed E-state index contributed by atoms with van der Waals surface area (Å²) in [6.45, 7) is 4.35. The van der Waals surface area contributed by atoms with Gasteiger partial charge in [-0.05, 0) is 38.1 Å². The molecule has 0 saturated carbocycles. The molecular weight excluding hydrogens is 532 g/mol. The molecular formula is C25H29BrN4O6. The third kappa shape index (κ3) is 7.79. The number of nitrogens with zero attached hydrogens (tertiary/aromatic N) is 3. The van der Waals surface area contributed by atoms with Gasteiger partial charge in [0.2, 0.25) is 0 Å². The zero-order valence-corrected chi connectivity index (χ0v) is 22.0. The lowest BCUT2D eigenvalue weighted by atomic mass is 10.2. The SMILES string of the molecule is CCOC(=O)CN(CCOc1cc2ncnc(Nc3cccc(Br)c3)c2cc1OC)CC(=O)OCC. The first kappa shape index (κ1) is 27.2. The van der Waals surface area contributed by atoms with Crippen LogP contribution in [0.1, 0.15) is 13.8 Å². The van der Waals surface area contributed by atoms with Gasteiger partial charge in [0, 0.05) is 28.2 Å². The Morgan fingerprint density at radius 2 is 1.72 bits per heavy atom. The number of halogens is 1. The smallest absolute Gasteiger partial charge is 0.320 e. The van der Waals surface area contributed by atoms with Gasteiger partial charge in [0.05, 0.1) is 38.9 Å². The molecule has 0 aliphatic heterocycles. The Balaban J connectivity index is 1.74. The standard InChI is InChI=1S/C25H29BrN4O6/c1-4-34-23(31)14-30(15-24(32)35-5-2)9-10-36-22-13-20-19(12-21(22)33-3)25(28-16-27-20)29-18-8-6-7-17(26)11-18/h6-8,11-13,16H,4-5,9-10,14-15H2,1-3H3,(H,27,28,29). The molecule has 1 aromatic heterocycles. The molecule has 11 heteroatoms. The number of methoxy groups -OCH3 is 1. The molecule has 0 radical (unpaired) electrons. The van der Waals surface area contributed by atoms with Gasteiger partial charge < -0.3 is 24.3 Å². The average Bonchev–Trinajstić information content (AvgIpc) is 2.84. The quantitative estimate of drug-likeness (QED) is 0.308. The summed E-state index contributed by atoms with van der Waals surface area (Å²) in [6.07, 6.45) is 1.47. The number of carbonyl (C=O) groups is 2. The molecule has 3 aromatic rings. The molecule has 1 heterocycles. The molecule has 2 aromatic carbocycles. The minimum absolute atomic E-state index is 0.0529. The second-order valence-electron chi connectivity index (χ2n) is 7.55. The third-order valence-corrected chi connectivity index (χ3v) is 5.48. The molecule has 0 aliphatic rings. The van der Waals surface area contributed by atoms with Crippen molar-refractivity contribution in [3.8, 4) is 11.5 Å². The number of hydrogen-bond donors (Lipinski definition) is 1. The van der Waals surface area contributed by atoms with Crippen LogP contribution in [-0.2, 0) is 19.1 Å². The molecule has 0 aliphatic carbocycles. The lowest BCUT2D eigenvalue weighted by Gasteiger charge is -2.21. The topological polar surface area (TPSA) is 112 Å². The van der Waals surface area contributed by atoms with Crippen LogP contribution >= 0.6 is 15.9 Å². The summed E-state index contributed by atoms with van der Waals surface area (Å²) in [7, 11) is 1.55. The second-order valence-corrected chi connectivity index (χ2v) is 8.46. The number of fused-ring (bicyclic) bond motifs is 1. The summed E-state index contributed by atoms with van der Waals surface area (Å²) < 4.78 is 22.5. The van der Waals surface area contributed by atoms with E-state index >= 15 is 0 Å². The zero-order valence-electron chi connectivity index (χ0n) is 20.5. The van der Waals surface area contributed by atoms with E-state index < -0.39 is 11.9 Å². The summed E-state index contributed by atoms with van der Waals surface area (Å²) in [5.74, 6) is 0.749. The predicted octanol–water partition coefficient (Wildman–Crippen LogP) is 3.95. The van der Waals surface area contributed by atoms with Crippen molar-refractivity contribution >= 4 is 50.3 Å². The lowest BCUT2D eigenvalue weighted by Crippen LogP contribution is -2.38. The Bertz CT molecular complexity index is 1170. The van der Waals surface area contributed by atoms with Gasteiger partial charge in [0.15, 0.2) is 11.5 Å². The predicted molar refractivity (Wildman–Crippen MR) is 139 cm³/mol. The highest BCUT2D eigenvalue weighted by Crippen LogP contribution is 2.35. The highest BCUT2D eigenvalue weighted by atomic mass is 79.9. The van der Waals surface area contributed by atoms with E-state index in [1.165, 1.54) is 6.33 Å². The molecule has 0 bridgehead atoms. The maximum absolute atomic E-state index is 12.0. The fraction of sp³-hybridized carbons (Fsp3) is 0.360. The highest BCUT2D eigenvalue weighted by Gasteiger charge is 2.17. The highest BCUT2D eigenvalue weighted by molar-refractivity contribution is 9.10. The third-order valence-electron chi connectivity index (χ3n) is 4.99. The minimum atomic E-state index is -0.424. The van der Waals surface area contributed by atoms with Crippen molar-refractivity contribution in [2.24, 2.45) is 0 Å². The lowest BCUT2D eigenvalue weighted by molar-refractivity contribution is -0.148. The van der Waals surface area contributed by atoms with Crippen LogP contribution < -0.4 is 14.8 Å². The van der Waals surface area contributed by atoms with E-state index in [2.05, 4.69) is 31.2 Å². The van der Waals surface area contributed by atoms with Crippen LogP contribution in [-0.4, -0.2) is 73.4 Å². The Hall–Kier alpha value is -3.44. The molecule has 1 N–H and O–H groups in total. The first-order valence-electron chi connectivity index (χ1n) is 11.4. The summed E-state index contributed by atoms with van der Waals surface area (Å²) in [4.78, 5) is 34.3. The summed E-state index contributed by atoms with van der Waals surface area (Å²) >= 11 is 3.47. The van der Waals surface area contributed by atoms with Crippen LogP contribution in [0.2, 0.25) is 0 Å².